The molecule has 0 unspecified atom stereocenters. The van der Waals surface area contributed by atoms with E-state index in [-0.39, 0.29) is 0 Å². The van der Waals surface area contributed by atoms with Gasteiger partial charge in [-0.2, -0.15) is 5.26 Å². The topological polar surface area (TPSA) is 38.0 Å². The highest BCUT2D eigenvalue weighted by Gasteiger charge is 2.06. The van der Waals surface area contributed by atoms with Crippen molar-refractivity contribution in [1.82, 2.24) is 4.57 Å². The molecule has 0 aliphatic carbocycles. The van der Waals surface area contributed by atoms with Crippen LogP contribution >= 0.6 is 0 Å². The van der Waals surface area contributed by atoms with Crippen LogP contribution < -0.4 is 4.74 Å². The van der Waals surface area contributed by atoms with Crippen molar-refractivity contribution >= 4 is 10.9 Å². The van der Waals surface area contributed by atoms with E-state index in [1.807, 2.05) is 60.8 Å². The fourth-order valence-electron chi connectivity index (χ4n) is 2.90. The van der Waals surface area contributed by atoms with Crippen molar-refractivity contribution in [2.75, 3.05) is 0 Å². The summed E-state index contributed by atoms with van der Waals surface area (Å²) in [5.74, 6) is 0.847. The molecule has 0 saturated carbocycles. The van der Waals surface area contributed by atoms with Gasteiger partial charge in [0.2, 0.25) is 0 Å². The van der Waals surface area contributed by atoms with Crippen LogP contribution in [0.15, 0.2) is 85.1 Å². The van der Waals surface area contributed by atoms with Crippen molar-refractivity contribution in [3.63, 3.8) is 0 Å². The Morgan fingerprint density at radius 2 is 1.76 bits per heavy atom. The molecule has 3 heteroatoms. The molecule has 0 aliphatic rings. The summed E-state index contributed by atoms with van der Waals surface area (Å²) in [4.78, 5) is 0. The zero-order valence-electron chi connectivity index (χ0n) is 13.6. The second-order valence-corrected chi connectivity index (χ2v) is 5.84. The molecule has 1 heterocycles. The number of fused-ring (bicyclic) bond motifs is 1. The summed E-state index contributed by atoms with van der Waals surface area (Å²) in [7, 11) is 0. The number of nitriles is 1. The van der Waals surface area contributed by atoms with Crippen LogP contribution in [0.5, 0.6) is 5.75 Å². The third kappa shape index (κ3) is 3.11. The first-order chi connectivity index (χ1) is 12.3. The van der Waals surface area contributed by atoms with E-state index in [0.717, 1.165) is 27.9 Å². The first kappa shape index (κ1) is 15.0. The van der Waals surface area contributed by atoms with Gasteiger partial charge in [0.15, 0.2) is 0 Å². The van der Waals surface area contributed by atoms with Gasteiger partial charge < -0.3 is 9.30 Å². The van der Waals surface area contributed by atoms with E-state index in [0.29, 0.717) is 12.2 Å². The van der Waals surface area contributed by atoms with Crippen LogP contribution in [0.2, 0.25) is 0 Å². The molecular weight excluding hydrogens is 308 g/mol. The monoisotopic (exact) mass is 324 g/mol. The number of ether oxygens (including phenoxy) is 1. The molecule has 0 atom stereocenters. The minimum absolute atomic E-state index is 0.553. The van der Waals surface area contributed by atoms with E-state index < -0.39 is 0 Å². The number of benzene rings is 3. The zero-order valence-corrected chi connectivity index (χ0v) is 13.6. The van der Waals surface area contributed by atoms with E-state index in [1.54, 1.807) is 0 Å². The van der Waals surface area contributed by atoms with Gasteiger partial charge in [0.1, 0.15) is 12.4 Å². The number of hydrogen-bond acceptors (Lipinski definition) is 2. The summed E-state index contributed by atoms with van der Waals surface area (Å²) in [6, 6.07) is 28.0. The standard InChI is InChI=1S/C22H16N2O/c23-15-18-7-4-8-20(13-18)24-12-11-19-14-21(9-10-22(19)24)25-16-17-5-2-1-3-6-17/h1-14H,16H2. The SMILES string of the molecule is N#Cc1cccc(-n2ccc3cc(OCc4ccccc4)ccc32)c1. The van der Waals surface area contributed by atoms with Crippen LogP contribution in [0.25, 0.3) is 16.6 Å². The van der Waals surface area contributed by atoms with Crippen LogP contribution in [0.1, 0.15) is 11.1 Å². The van der Waals surface area contributed by atoms with E-state index >= 15 is 0 Å². The van der Waals surface area contributed by atoms with Gasteiger partial charge in [0.25, 0.3) is 0 Å². The average molecular weight is 324 g/mol. The first-order valence-electron chi connectivity index (χ1n) is 8.12. The average Bonchev–Trinajstić information content (AvgIpc) is 3.10. The van der Waals surface area contributed by atoms with E-state index in [4.69, 9.17) is 10.00 Å². The quantitative estimate of drug-likeness (QED) is 0.525. The molecule has 120 valence electrons. The molecule has 0 N–H and O–H groups in total. The molecule has 25 heavy (non-hydrogen) atoms. The van der Waals surface area contributed by atoms with Gasteiger partial charge in [-0.15, -0.1) is 0 Å². The van der Waals surface area contributed by atoms with Gasteiger partial charge in [-0.25, -0.2) is 0 Å². The van der Waals surface area contributed by atoms with Crippen LogP contribution in [0.4, 0.5) is 0 Å². The number of hydrogen-bond donors (Lipinski definition) is 0. The molecule has 3 aromatic carbocycles. The lowest BCUT2D eigenvalue weighted by Gasteiger charge is -2.08. The van der Waals surface area contributed by atoms with Crippen LogP contribution in [-0.2, 0) is 6.61 Å². The van der Waals surface area contributed by atoms with E-state index in [9.17, 15) is 0 Å². The lowest BCUT2D eigenvalue weighted by Crippen LogP contribution is -1.95. The largest absolute Gasteiger partial charge is 0.489 e. The lowest BCUT2D eigenvalue weighted by molar-refractivity contribution is 0.306. The summed E-state index contributed by atoms with van der Waals surface area (Å²) in [6.45, 7) is 0.553. The van der Waals surface area contributed by atoms with Crippen molar-refractivity contribution in [3.8, 4) is 17.5 Å². The van der Waals surface area contributed by atoms with Gasteiger partial charge in [-0.05, 0) is 48.0 Å². The lowest BCUT2D eigenvalue weighted by atomic mass is 10.2. The minimum Gasteiger partial charge on any atom is -0.489 e. The van der Waals surface area contributed by atoms with Crippen molar-refractivity contribution in [2.45, 2.75) is 6.61 Å². The van der Waals surface area contributed by atoms with Gasteiger partial charge in [-0.3, -0.25) is 0 Å². The summed E-state index contributed by atoms with van der Waals surface area (Å²) >= 11 is 0. The Morgan fingerprint density at radius 1 is 0.880 bits per heavy atom. The smallest absolute Gasteiger partial charge is 0.120 e. The Hall–Kier alpha value is -3.51. The van der Waals surface area contributed by atoms with Gasteiger partial charge in [0.05, 0.1) is 17.1 Å². The summed E-state index contributed by atoms with van der Waals surface area (Å²) in [6.07, 6.45) is 2.02. The van der Waals surface area contributed by atoms with Gasteiger partial charge in [-0.1, -0.05) is 36.4 Å². The molecule has 0 bridgehead atoms. The van der Waals surface area contributed by atoms with Crippen molar-refractivity contribution in [1.29, 1.82) is 5.26 Å². The van der Waals surface area contributed by atoms with E-state index in [2.05, 4.69) is 34.9 Å². The Morgan fingerprint density at radius 3 is 2.60 bits per heavy atom. The van der Waals surface area contributed by atoms with Crippen molar-refractivity contribution in [2.24, 2.45) is 0 Å². The molecule has 0 fully saturated rings. The molecule has 4 rings (SSSR count). The van der Waals surface area contributed by atoms with E-state index in [1.165, 1.54) is 0 Å². The van der Waals surface area contributed by atoms with Crippen LogP contribution in [-0.4, -0.2) is 4.57 Å². The number of nitrogens with zero attached hydrogens (tertiary/aromatic N) is 2. The Kier molecular flexibility index (Phi) is 3.94. The molecule has 0 aliphatic heterocycles. The zero-order chi connectivity index (χ0) is 17.1. The number of rotatable bonds is 4. The summed E-state index contributed by atoms with van der Waals surface area (Å²) in [5.41, 5.74) is 3.87. The normalized spacial score (nSPS) is 10.5. The molecule has 1 aromatic heterocycles. The third-order valence-corrected chi connectivity index (χ3v) is 4.16. The molecule has 0 radical (unpaired) electrons. The van der Waals surface area contributed by atoms with Gasteiger partial charge in [0, 0.05) is 17.3 Å². The van der Waals surface area contributed by atoms with Crippen molar-refractivity contribution in [3.05, 3.63) is 96.2 Å². The molecule has 0 spiro atoms. The summed E-state index contributed by atoms with van der Waals surface area (Å²) < 4.78 is 7.98. The second kappa shape index (κ2) is 6.54. The third-order valence-electron chi connectivity index (χ3n) is 4.16. The van der Waals surface area contributed by atoms with Crippen molar-refractivity contribution < 1.29 is 4.74 Å². The minimum atomic E-state index is 0.553. The van der Waals surface area contributed by atoms with Crippen LogP contribution in [0, 0.1) is 11.3 Å². The highest BCUT2D eigenvalue weighted by Crippen LogP contribution is 2.25. The molecule has 0 amide bonds. The first-order valence-corrected chi connectivity index (χ1v) is 8.12. The maximum Gasteiger partial charge on any atom is 0.120 e. The predicted molar refractivity (Wildman–Crippen MR) is 98.8 cm³/mol. The molecule has 4 aromatic rings. The van der Waals surface area contributed by atoms with Crippen LogP contribution in [0.3, 0.4) is 0 Å². The highest BCUT2D eigenvalue weighted by molar-refractivity contribution is 5.83. The highest BCUT2D eigenvalue weighted by atomic mass is 16.5. The molecule has 0 saturated heterocycles. The molecule has 3 nitrogen and oxygen atoms in total. The molecular formula is C22H16N2O. The predicted octanol–water partition coefficient (Wildman–Crippen LogP) is 5.08. The fourth-order valence-corrected chi connectivity index (χ4v) is 2.90. The summed E-state index contributed by atoms with van der Waals surface area (Å²) in [5, 5.41) is 10.2. The Bertz CT molecular complexity index is 1060. The second-order valence-electron chi connectivity index (χ2n) is 5.84. The number of aromatic nitrogens is 1. The Labute approximate surface area is 146 Å². The van der Waals surface area contributed by atoms with Gasteiger partial charge >= 0.3 is 0 Å². The maximum absolute atomic E-state index is 9.09. The maximum atomic E-state index is 9.09. The fraction of sp³-hybridized carbons (Fsp3) is 0.0455. The Balaban J connectivity index is 1.61.